The fourth-order valence-corrected chi connectivity index (χ4v) is 2.99. The predicted octanol–water partition coefficient (Wildman–Crippen LogP) is 2.67. The maximum absolute atomic E-state index is 4.49. The average Bonchev–Trinajstić information content (AvgIpc) is 2.71. The molecule has 1 saturated heterocycles. The molecule has 0 bridgehead atoms. The zero-order valence-corrected chi connectivity index (χ0v) is 10.1. The van der Waals surface area contributed by atoms with Crippen molar-refractivity contribution in [2.75, 3.05) is 23.3 Å². The second kappa shape index (κ2) is 3.96. The van der Waals surface area contributed by atoms with Gasteiger partial charge in [-0.2, -0.15) is 0 Å². The summed E-state index contributed by atoms with van der Waals surface area (Å²) in [5.74, 6) is 0.809. The third-order valence-corrected chi connectivity index (χ3v) is 4.32. The van der Waals surface area contributed by atoms with Crippen LogP contribution in [0.1, 0.15) is 12.1 Å². The summed E-state index contributed by atoms with van der Waals surface area (Å²) >= 11 is 5.30. The van der Waals surface area contributed by atoms with Crippen LogP contribution in [0.15, 0.2) is 5.38 Å². The van der Waals surface area contributed by atoms with E-state index in [2.05, 4.69) is 38.1 Å². The second-order valence-corrected chi connectivity index (χ2v) is 5.01. The first kappa shape index (κ1) is 9.46. The van der Waals surface area contributed by atoms with Crippen LogP contribution in [0.5, 0.6) is 0 Å². The van der Waals surface area contributed by atoms with E-state index in [9.17, 15) is 0 Å². The Balaban J connectivity index is 2.03. The quantitative estimate of drug-likeness (QED) is 0.761. The van der Waals surface area contributed by atoms with Gasteiger partial charge in [0.2, 0.25) is 0 Å². The molecular weight excluding hydrogens is 248 g/mol. The number of aromatic nitrogens is 1. The zero-order chi connectivity index (χ0) is 9.26. The van der Waals surface area contributed by atoms with Gasteiger partial charge in [0.1, 0.15) is 0 Å². The van der Waals surface area contributed by atoms with Crippen molar-refractivity contribution in [2.45, 2.75) is 13.3 Å². The van der Waals surface area contributed by atoms with Crippen molar-refractivity contribution in [1.82, 2.24) is 4.98 Å². The summed E-state index contributed by atoms with van der Waals surface area (Å²) in [5, 5.41) is 4.44. The summed E-state index contributed by atoms with van der Waals surface area (Å²) in [6, 6.07) is 0. The van der Waals surface area contributed by atoms with Crippen LogP contribution in [0, 0.1) is 12.8 Å². The molecule has 2 rings (SSSR count). The van der Waals surface area contributed by atoms with Crippen molar-refractivity contribution in [3.05, 3.63) is 11.1 Å². The van der Waals surface area contributed by atoms with E-state index < -0.39 is 0 Å². The minimum absolute atomic E-state index is 0.809. The molecule has 4 heteroatoms. The Kier molecular flexibility index (Phi) is 2.89. The topological polar surface area (TPSA) is 16.1 Å². The molecule has 2 nitrogen and oxygen atoms in total. The third kappa shape index (κ3) is 2.05. The van der Waals surface area contributed by atoms with Gasteiger partial charge in [0.25, 0.3) is 0 Å². The molecule has 1 aliphatic rings. The summed E-state index contributed by atoms with van der Waals surface area (Å²) in [6.07, 6.45) is 1.30. The van der Waals surface area contributed by atoms with Gasteiger partial charge in [-0.25, -0.2) is 4.98 Å². The van der Waals surface area contributed by atoms with Gasteiger partial charge in [-0.1, -0.05) is 15.9 Å². The van der Waals surface area contributed by atoms with Crippen LogP contribution in [-0.4, -0.2) is 23.4 Å². The Bertz CT molecular complexity index is 287. The lowest BCUT2D eigenvalue weighted by Crippen LogP contribution is -2.19. The lowest BCUT2D eigenvalue weighted by molar-refractivity contribution is 0.676. The molecule has 13 heavy (non-hydrogen) atoms. The minimum atomic E-state index is 0.809. The monoisotopic (exact) mass is 260 g/mol. The van der Waals surface area contributed by atoms with Crippen molar-refractivity contribution in [3.63, 3.8) is 0 Å². The fourth-order valence-electron chi connectivity index (χ4n) is 1.62. The molecule has 1 aliphatic heterocycles. The number of hydrogen-bond acceptors (Lipinski definition) is 3. The third-order valence-electron chi connectivity index (χ3n) is 2.38. The summed E-state index contributed by atoms with van der Waals surface area (Å²) < 4.78 is 0. The molecule has 0 radical (unpaired) electrons. The largest absolute Gasteiger partial charge is 0.348 e. The normalized spacial score (nSPS) is 22.6. The fraction of sp³-hybridized carbons (Fsp3) is 0.667. The van der Waals surface area contributed by atoms with Gasteiger partial charge < -0.3 is 4.90 Å². The molecule has 0 aromatic carbocycles. The van der Waals surface area contributed by atoms with E-state index in [-0.39, 0.29) is 0 Å². The molecule has 0 N–H and O–H groups in total. The average molecular weight is 261 g/mol. The van der Waals surface area contributed by atoms with E-state index >= 15 is 0 Å². The second-order valence-electron chi connectivity index (χ2n) is 3.53. The van der Waals surface area contributed by atoms with Gasteiger partial charge >= 0.3 is 0 Å². The Hall–Kier alpha value is -0.0900. The number of alkyl halides is 1. The van der Waals surface area contributed by atoms with Gasteiger partial charge in [-0.15, -0.1) is 11.3 Å². The van der Waals surface area contributed by atoms with Gasteiger partial charge in [0.05, 0.1) is 5.69 Å². The molecule has 1 fully saturated rings. The Labute approximate surface area is 91.1 Å². The highest BCUT2D eigenvalue weighted by atomic mass is 79.9. The van der Waals surface area contributed by atoms with Crippen LogP contribution in [0.4, 0.5) is 5.13 Å². The van der Waals surface area contributed by atoms with E-state index in [1.807, 2.05) is 0 Å². The lowest BCUT2D eigenvalue weighted by atomic mass is 10.2. The van der Waals surface area contributed by atoms with E-state index in [1.54, 1.807) is 11.3 Å². The Morgan fingerprint density at radius 2 is 2.62 bits per heavy atom. The summed E-state index contributed by atoms with van der Waals surface area (Å²) in [6.45, 7) is 4.39. The lowest BCUT2D eigenvalue weighted by Gasteiger charge is -2.13. The van der Waals surface area contributed by atoms with Crippen molar-refractivity contribution in [1.29, 1.82) is 0 Å². The van der Waals surface area contributed by atoms with E-state index in [4.69, 9.17) is 0 Å². The van der Waals surface area contributed by atoms with Crippen LogP contribution in [0.3, 0.4) is 0 Å². The standard InChI is InChI=1S/C9H13BrN2S/c1-7-6-13-9(11-7)12-3-2-8(4-10)5-12/h6,8H,2-5H2,1H3. The number of aryl methyl sites for hydroxylation is 1. The van der Waals surface area contributed by atoms with Crippen molar-refractivity contribution >= 4 is 32.4 Å². The summed E-state index contributed by atoms with van der Waals surface area (Å²) in [4.78, 5) is 6.88. The maximum atomic E-state index is 4.49. The molecule has 1 unspecified atom stereocenters. The van der Waals surface area contributed by atoms with Crippen LogP contribution >= 0.6 is 27.3 Å². The zero-order valence-electron chi connectivity index (χ0n) is 7.66. The number of halogens is 1. The van der Waals surface area contributed by atoms with Crippen LogP contribution < -0.4 is 4.90 Å². The van der Waals surface area contributed by atoms with Crippen LogP contribution in [-0.2, 0) is 0 Å². The molecular formula is C9H13BrN2S. The Morgan fingerprint density at radius 1 is 1.77 bits per heavy atom. The van der Waals surface area contributed by atoms with E-state index in [0.29, 0.717) is 0 Å². The molecule has 1 atom stereocenters. The van der Waals surface area contributed by atoms with Crippen LogP contribution in [0.25, 0.3) is 0 Å². The van der Waals surface area contributed by atoms with E-state index in [0.717, 1.165) is 23.5 Å². The number of hydrogen-bond donors (Lipinski definition) is 0. The summed E-state index contributed by atoms with van der Waals surface area (Å²) in [7, 11) is 0. The van der Waals surface area contributed by atoms with Gasteiger partial charge in [0.15, 0.2) is 5.13 Å². The molecule has 0 spiro atoms. The number of nitrogens with zero attached hydrogens (tertiary/aromatic N) is 2. The molecule has 72 valence electrons. The van der Waals surface area contributed by atoms with Crippen molar-refractivity contribution < 1.29 is 0 Å². The number of thiazole rings is 1. The van der Waals surface area contributed by atoms with Crippen LogP contribution in [0.2, 0.25) is 0 Å². The molecule has 0 amide bonds. The number of anilines is 1. The molecule has 2 heterocycles. The number of rotatable bonds is 2. The Morgan fingerprint density at radius 3 is 3.15 bits per heavy atom. The highest BCUT2D eigenvalue weighted by Crippen LogP contribution is 2.27. The first-order valence-corrected chi connectivity index (χ1v) is 6.52. The minimum Gasteiger partial charge on any atom is -0.348 e. The van der Waals surface area contributed by atoms with E-state index in [1.165, 1.54) is 18.1 Å². The molecule has 1 aromatic rings. The molecule has 1 aromatic heterocycles. The van der Waals surface area contributed by atoms with Gasteiger partial charge in [-0.3, -0.25) is 0 Å². The SMILES string of the molecule is Cc1csc(N2CCC(CBr)C2)n1. The maximum Gasteiger partial charge on any atom is 0.185 e. The first-order chi connectivity index (χ1) is 6.29. The smallest absolute Gasteiger partial charge is 0.185 e. The first-order valence-electron chi connectivity index (χ1n) is 4.52. The van der Waals surface area contributed by atoms with Crippen molar-refractivity contribution in [3.8, 4) is 0 Å². The highest BCUT2D eigenvalue weighted by molar-refractivity contribution is 9.09. The summed E-state index contributed by atoms with van der Waals surface area (Å²) in [5.41, 5.74) is 1.14. The van der Waals surface area contributed by atoms with Gasteiger partial charge in [-0.05, 0) is 19.3 Å². The predicted molar refractivity (Wildman–Crippen MR) is 61.0 cm³/mol. The highest BCUT2D eigenvalue weighted by Gasteiger charge is 2.23. The molecule has 0 saturated carbocycles. The molecule has 0 aliphatic carbocycles. The van der Waals surface area contributed by atoms with Crippen molar-refractivity contribution in [2.24, 2.45) is 5.92 Å². The van der Waals surface area contributed by atoms with Gasteiger partial charge in [0, 0.05) is 23.8 Å².